The van der Waals surface area contributed by atoms with Gasteiger partial charge in [-0.3, -0.25) is 37.3 Å². The van der Waals surface area contributed by atoms with Crippen LogP contribution in [0.4, 0.5) is 0 Å². The summed E-state index contributed by atoms with van der Waals surface area (Å²) < 4.78 is 68.1. The summed E-state index contributed by atoms with van der Waals surface area (Å²) in [5, 5.41) is 10.6. The molecule has 0 aliphatic carbocycles. The van der Waals surface area contributed by atoms with Gasteiger partial charge in [0.05, 0.1) is 26.4 Å². The van der Waals surface area contributed by atoms with Gasteiger partial charge in [-0.25, -0.2) is 9.13 Å². The molecule has 0 aromatic carbocycles. The van der Waals surface area contributed by atoms with Gasteiger partial charge >= 0.3 is 39.5 Å². The molecule has 19 heteroatoms. The Morgan fingerprint density at radius 2 is 0.558 bits per heavy atom. The van der Waals surface area contributed by atoms with E-state index in [-0.39, 0.29) is 25.7 Å². The number of rotatable bonds is 64. The summed E-state index contributed by atoms with van der Waals surface area (Å²) >= 11 is 0. The second kappa shape index (κ2) is 57.0. The van der Waals surface area contributed by atoms with Crippen LogP contribution in [-0.2, 0) is 65.4 Å². The van der Waals surface area contributed by atoms with Gasteiger partial charge in [-0.05, 0) is 49.4 Å². The molecule has 0 radical (unpaired) electrons. The molecule has 4 unspecified atom stereocenters. The van der Waals surface area contributed by atoms with Crippen molar-refractivity contribution in [2.75, 3.05) is 39.6 Å². The molecule has 0 aromatic heterocycles. The van der Waals surface area contributed by atoms with E-state index in [1.807, 2.05) is 0 Å². The summed E-state index contributed by atoms with van der Waals surface area (Å²) in [6, 6.07) is 0. The van der Waals surface area contributed by atoms with E-state index in [2.05, 4.69) is 55.4 Å². The van der Waals surface area contributed by atoms with Crippen molar-refractivity contribution in [1.82, 2.24) is 0 Å². The number of ether oxygens (including phenoxy) is 4. The Hall–Kier alpha value is -1.94. The Morgan fingerprint density at radius 1 is 0.326 bits per heavy atom. The minimum Gasteiger partial charge on any atom is -0.462 e. The average molecular weight is 1270 g/mol. The largest absolute Gasteiger partial charge is 0.472 e. The fraction of sp³-hybridized carbons (Fsp3) is 0.940. The second-order valence-corrected chi connectivity index (χ2v) is 28.8. The molecule has 6 atom stereocenters. The van der Waals surface area contributed by atoms with E-state index in [0.29, 0.717) is 37.5 Å². The van der Waals surface area contributed by atoms with Crippen molar-refractivity contribution in [2.45, 2.75) is 343 Å². The molecule has 510 valence electrons. The third-order valence-corrected chi connectivity index (χ3v) is 17.6. The lowest BCUT2D eigenvalue weighted by Gasteiger charge is -2.21. The van der Waals surface area contributed by atoms with Crippen LogP contribution in [0.2, 0.25) is 0 Å². The van der Waals surface area contributed by atoms with Gasteiger partial charge in [0, 0.05) is 25.7 Å². The SMILES string of the molecule is CCC(C)CCCCCCCCCCCCC(=O)O[C@H](COC(=O)CCCCCCCCC(C)C)COP(=O)(O)OCC(O)COP(=O)(O)OC[C@@H](COC(=O)CCCCCCCCCC(C)C)OC(=O)CCCCCCCCCCCCC(C)C. The molecule has 0 heterocycles. The lowest BCUT2D eigenvalue weighted by Crippen LogP contribution is -2.30. The highest BCUT2D eigenvalue weighted by atomic mass is 31.2. The van der Waals surface area contributed by atoms with Crippen molar-refractivity contribution in [3.05, 3.63) is 0 Å². The average Bonchev–Trinajstić information content (AvgIpc) is 3.66. The van der Waals surface area contributed by atoms with Crippen LogP contribution in [0.3, 0.4) is 0 Å². The summed E-state index contributed by atoms with van der Waals surface area (Å²) in [6.45, 7) is 14.0. The second-order valence-electron chi connectivity index (χ2n) is 25.9. The molecule has 0 amide bonds. The normalized spacial score (nSPS) is 14.7. The molecular formula is C67H130O17P2. The zero-order valence-corrected chi connectivity index (χ0v) is 57.7. The Morgan fingerprint density at radius 3 is 0.826 bits per heavy atom. The number of hydrogen-bond donors (Lipinski definition) is 3. The van der Waals surface area contributed by atoms with E-state index < -0.39 is 97.5 Å². The zero-order chi connectivity index (χ0) is 63.9. The third-order valence-electron chi connectivity index (χ3n) is 15.7. The number of unbranched alkanes of at least 4 members (excludes halogenated alkanes) is 29. The van der Waals surface area contributed by atoms with E-state index >= 15 is 0 Å². The summed E-state index contributed by atoms with van der Waals surface area (Å²) in [5.41, 5.74) is 0. The Kier molecular flexibility index (Phi) is 55.7. The van der Waals surface area contributed by atoms with Crippen LogP contribution in [0, 0.1) is 23.7 Å². The molecule has 0 saturated carbocycles. The van der Waals surface area contributed by atoms with Gasteiger partial charge in [0.15, 0.2) is 12.2 Å². The smallest absolute Gasteiger partial charge is 0.462 e. The molecule has 0 fully saturated rings. The van der Waals surface area contributed by atoms with Crippen LogP contribution in [0.5, 0.6) is 0 Å². The van der Waals surface area contributed by atoms with Crippen molar-refractivity contribution < 1.29 is 80.2 Å². The van der Waals surface area contributed by atoms with Crippen molar-refractivity contribution in [2.24, 2.45) is 23.7 Å². The fourth-order valence-corrected chi connectivity index (χ4v) is 11.5. The minimum absolute atomic E-state index is 0.104. The van der Waals surface area contributed by atoms with Crippen LogP contribution in [0.25, 0.3) is 0 Å². The van der Waals surface area contributed by atoms with E-state index in [9.17, 15) is 43.2 Å². The van der Waals surface area contributed by atoms with Gasteiger partial charge in [-0.2, -0.15) is 0 Å². The van der Waals surface area contributed by atoms with Crippen LogP contribution < -0.4 is 0 Å². The van der Waals surface area contributed by atoms with E-state index in [1.165, 1.54) is 116 Å². The van der Waals surface area contributed by atoms with E-state index in [4.69, 9.17) is 37.0 Å². The number of aliphatic hydroxyl groups is 1. The Bertz CT molecular complexity index is 1720. The highest BCUT2D eigenvalue weighted by Crippen LogP contribution is 2.45. The maximum Gasteiger partial charge on any atom is 0.472 e. The van der Waals surface area contributed by atoms with Gasteiger partial charge in [0.1, 0.15) is 19.3 Å². The fourth-order valence-electron chi connectivity index (χ4n) is 9.93. The molecule has 0 aliphatic heterocycles. The number of phosphoric ester groups is 2. The topological polar surface area (TPSA) is 237 Å². The molecule has 0 aliphatic rings. The van der Waals surface area contributed by atoms with Gasteiger partial charge in [0.25, 0.3) is 0 Å². The van der Waals surface area contributed by atoms with E-state index in [1.54, 1.807) is 0 Å². The zero-order valence-electron chi connectivity index (χ0n) is 55.9. The molecular weight excluding hydrogens is 1140 g/mol. The Labute approximate surface area is 524 Å². The first-order chi connectivity index (χ1) is 41.1. The molecule has 3 N–H and O–H groups in total. The molecule has 0 saturated heterocycles. The first kappa shape index (κ1) is 84.1. The number of hydrogen-bond acceptors (Lipinski definition) is 15. The first-order valence-electron chi connectivity index (χ1n) is 34.7. The van der Waals surface area contributed by atoms with Crippen molar-refractivity contribution >= 4 is 39.5 Å². The van der Waals surface area contributed by atoms with Crippen LogP contribution in [0.15, 0.2) is 0 Å². The molecule has 17 nitrogen and oxygen atoms in total. The highest BCUT2D eigenvalue weighted by Gasteiger charge is 2.30. The monoisotopic (exact) mass is 1270 g/mol. The number of carbonyl (C=O) groups excluding carboxylic acids is 4. The summed E-state index contributed by atoms with van der Waals surface area (Å²) in [4.78, 5) is 72.3. The highest BCUT2D eigenvalue weighted by molar-refractivity contribution is 7.47. The predicted octanol–water partition coefficient (Wildman–Crippen LogP) is 18.5. The first-order valence-corrected chi connectivity index (χ1v) is 37.7. The molecule has 0 rings (SSSR count). The number of aliphatic hydroxyl groups excluding tert-OH is 1. The summed E-state index contributed by atoms with van der Waals surface area (Å²) in [6.07, 6.45) is 37.7. The predicted molar refractivity (Wildman–Crippen MR) is 344 cm³/mol. The van der Waals surface area contributed by atoms with Gasteiger partial charge < -0.3 is 33.8 Å². The number of carbonyl (C=O) groups is 4. The standard InChI is InChI=1S/C67H130O17P2/c1-9-60(8)46-38-30-21-15-11-13-17-23-34-42-50-67(72)84-63(54-78-65(70)48-40-32-26-25-29-37-45-59(6)7)56-82-86(75,76)80-52-61(68)51-79-85(73,74)81-55-62(53-77-64(69)47-39-31-24-18-20-28-36-44-58(4)5)83-66(71)49-41-33-22-16-12-10-14-19-27-35-43-57(2)3/h57-63,68H,9-56H2,1-8H3,(H,73,74)(H,75,76)/t60?,61?,62-,63-/m1/s1. The molecule has 0 aromatic rings. The van der Waals surface area contributed by atoms with Gasteiger partial charge in [0.2, 0.25) is 0 Å². The van der Waals surface area contributed by atoms with Crippen LogP contribution >= 0.6 is 15.6 Å². The molecule has 0 spiro atoms. The van der Waals surface area contributed by atoms with Crippen LogP contribution in [-0.4, -0.2) is 96.7 Å². The van der Waals surface area contributed by atoms with Gasteiger partial charge in [-0.1, -0.05) is 274 Å². The van der Waals surface area contributed by atoms with Crippen molar-refractivity contribution in [3.63, 3.8) is 0 Å². The number of esters is 4. The lowest BCUT2D eigenvalue weighted by atomic mass is 9.99. The molecule has 0 bridgehead atoms. The van der Waals surface area contributed by atoms with Crippen LogP contribution in [0.1, 0.15) is 325 Å². The Balaban J connectivity index is 5.25. The maximum atomic E-state index is 13.0. The lowest BCUT2D eigenvalue weighted by molar-refractivity contribution is -0.161. The third kappa shape index (κ3) is 59.7. The van der Waals surface area contributed by atoms with Crippen molar-refractivity contribution in [3.8, 4) is 0 Å². The molecule has 86 heavy (non-hydrogen) atoms. The quantitative estimate of drug-likeness (QED) is 0.0222. The summed E-state index contributed by atoms with van der Waals surface area (Å²) in [7, 11) is -9.90. The van der Waals surface area contributed by atoms with Crippen molar-refractivity contribution in [1.29, 1.82) is 0 Å². The number of phosphoric acid groups is 2. The maximum absolute atomic E-state index is 13.0. The minimum atomic E-state index is -4.95. The van der Waals surface area contributed by atoms with E-state index in [0.717, 1.165) is 115 Å². The van der Waals surface area contributed by atoms with Gasteiger partial charge in [-0.15, -0.1) is 0 Å². The summed E-state index contributed by atoms with van der Waals surface area (Å²) in [5.74, 6) is 0.803.